The number of nitrogens with one attached hydrogen (secondary N) is 3. The number of fused-ring (bicyclic) bond motifs is 1. The number of ether oxygens (including phenoxy) is 1. The molecule has 0 aliphatic carbocycles. The standard InChI is InChI=1S/C24H23ClF2N4O4/c1-11-18(29-24(34)28-17-4-2-12(25)8-15(17)26)10-31(11)19-9-16(27)21(13-6-7-35-22(13)19)14-3-5-20(32)30-23(14)33/h2,4,8-9,11,14,18H,3,5-7,10H2,1H3,(H2,28,29,34)(H,30,32,33)/t11-,14+,18-/m0/s1. The highest BCUT2D eigenvalue weighted by Crippen LogP contribution is 2.46. The normalized spacial score (nSPS) is 23.2. The highest BCUT2D eigenvalue weighted by Gasteiger charge is 2.41. The van der Waals surface area contributed by atoms with Gasteiger partial charge in [0.1, 0.15) is 17.4 Å². The molecule has 3 heterocycles. The van der Waals surface area contributed by atoms with Crippen molar-refractivity contribution < 1.29 is 27.9 Å². The summed E-state index contributed by atoms with van der Waals surface area (Å²) in [5, 5.41) is 7.78. The molecule has 2 saturated heterocycles. The quantitative estimate of drug-likeness (QED) is 0.554. The maximum atomic E-state index is 15.4. The molecule has 2 fully saturated rings. The molecule has 0 aromatic heterocycles. The van der Waals surface area contributed by atoms with Gasteiger partial charge in [-0.15, -0.1) is 0 Å². The van der Waals surface area contributed by atoms with Gasteiger partial charge in [-0.25, -0.2) is 13.6 Å². The van der Waals surface area contributed by atoms with Crippen molar-refractivity contribution in [1.82, 2.24) is 10.6 Å². The van der Waals surface area contributed by atoms with E-state index in [0.717, 1.165) is 6.07 Å². The Bertz CT molecular complexity index is 1240. The lowest BCUT2D eigenvalue weighted by Crippen LogP contribution is -2.66. The number of hydrogen-bond donors (Lipinski definition) is 3. The summed E-state index contributed by atoms with van der Waals surface area (Å²) in [5.74, 6) is -2.21. The van der Waals surface area contributed by atoms with E-state index in [1.54, 1.807) is 0 Å². The van der Waals surface area contributed by atoms with E-state index >= 15 is 4.39 Å². The molecule has 0 spiro atoms. The summed E-state index contributed by atoms with van der Waals surface area (Å²) >= 11 is 5.74. The lowest BCUT2D eigenvalue weighted by molar-refractivity contribution is -0.134. The van der Waals surface area contributed by atoms with Gasteiger partial charge >= 0.3 is 6.03 Å². The Balaban J connectivity index is 1.30. The van der Waals surface area contributed by atoms with Crippen LogP contribution in [0, 0.1) is 11.6 Å². The second-order valence-electron chi connectivity index (χ2n) is 8.92. The molecule has 11 heteroatoms. The average Bonchev–Trinajstić information content (AvgIpc) is 3.28. The number of amides is 4. The van der Waals surface area contributed by atoms with Crippen molar-refractivity contribution >= 4 is 40.8 Å². The number of anilines is 2. The number of hydrogen-bond acceptors (Lipinski definition) is 5. The van der Waals surface area contributed by atoms with E-state index in [2.05, 4.69) is 16.0 Å². The molecule has 2 aromatic carbocycles. The van der Waals surface area contributed by atoms with Crippen LogP contribution in [0.5, 0.6) is 5.75 Å². The largest absolute Gasteiger partial charge is 0.491 e. The van der Waals surface area contributed by atoms with Crippen LogP contribution in [0.3, 0.4) is 0 Å². The van der Waals surface area contributed by atoms with E-state index in [4.69, 9.17) is 16.3 Å². The number of benzene rings is 2. The molecule has 3 aliphatic heterocycles. The van der Waals surface area contributed by atoms with Gasteiger partial charge in [0, 0.05) is 47.6 Å². The van der Waals surface area contributed by atoms with Crippen molar-refractivity contribution in [2.75, 3.05) is 23.4 Å². The lowest BCUT2D eigenvalue weighted by Gasteiger charge is -2.48. The zero-order valence-electron chi connectivity index (χ0n) is 18.8. The number of imide groups is 1. The lowest BCUT2D eigenvalue weighted by atomic mass is 9.85. The highest BCUT2D eigenvalue weighted by molar-refractivity contribution is 6.30. The Morgan fingerprint density at radius 3 is 2.71 bits per heavy atom. The molecule has 5 rings (SSSR count). The molecule has 0 radical (unpaired) electrons. The molecule has 4 amide bonds. The van der Waals surface area contributed by atoms with E-state index in [1.807, 2.05) is 11.8 Å². The molecule has 35 heavy (non-hydrogen) atoms. The molecule has 0 bridgehead atoms. The first kappa shape index (κ1) is 23.3. The Labute approximate surface area is 204 Å². The van der Waals surface area contributed by atoms with Crippen molar-refractivity contribution in [1.29, 1.82) is 0 Å². The Morgan fingerprint density at radius 2 is 2.00 bits per heavy atom. The molecule has 0 saturated carbocycles. The van der Waals surface area contributed by atoms with Gasteiger partial charge in [-0.1, -0.05) is 11.6 Å². The number of nitrogens with zero attached hydrogens (tertiary/aromatic N) is 1. The predicted molar refractivity (Wildman–Crippen MR) is 125 cm³/mol. The minimum atomic E-state index is -0.739. The number of rotatable bonds is 4. The Kier molecular flexibility index (Phi) is 6.00. The van der Waals surface area contributed by atoms with E-state index in [0.29, 0.717) is 42.1 Å². The van der Waals surface area contributed by atoms with Crippen molar-refractivity contribution in [3.63, 3.8) is 0 Å². The monoisotopic (exact) mass is 504 g/mol. The number of halogens is 3. The fourth-order valence-corrected chi connectivity index (χ4v) is 5.08. The van der Waals surface area contributed by atoms with Gasteiger partial charge in [0.05, 0.1) is 29.9 Å². The molecule has 184 valence electrons. The zero-order valence-corrected chi connectivity index (χ0v) is 19.5. The number of carbonyl (C=O) groups is 3. The maximum Gasteiger partial charge on any atom is 0.319 e. The van der Waals surface area contributed by atoms with Gasteiger partial charge in [0.15, 0.2) is 0 Å². The Morgan fingerprint density at radius 1 is 1.20 bits per heavy atom. The van der Waals surface area contributed by atoms with Crippen molar-refractivity contribution in [2.24, 2.45) is 0 Å². The molecule has 2 aromatic rings. The molecule has 8 nitrogen and oxygen atoms in total. The second-order valence-corrected chi connectivity index (χ2v) is 9.36. The van der Waals surface area contributed by atoms with Crippen LogP contribution in [0.2, 0.25) is 5.02 Å². The van der Waals surface area contributed by atoms with Crippen molar-refractivity contribution in [3.05, 3.63) is 52.0 Å². The Hall–Kier alpha value is -3.40. The predicted octanol–water partition coefficient (Wildman–Crippen LogP) is 3.47. The molecule has 0 unspecified atom stereocenters. The van der Waals surface area contributed by atoms with Crippen LogP contribution in [0.1, 0.15) is 36.8 Å². The van der Waals surface area contributed by atoms with E-state index in [9.17, 15) is 18.8 Å². The van der Waals surface area contributed by atoms with E-state index < -0.39 is 29.5 Å². The first-order chi connectivity index (χ1) is 16.7. The SMILES string of the molecule is C[C@H]1[C@@H](NC(=O)Nc2ccc(Cl)cc2F)CN1c1cc(F)c([C@H]2CCC(=O)NC2=O)c2c1OCC2. The van der Waals surface area contributed by atoms with Crippen molar-refractivity contribution in [2.45, 2.75) is 44.2 Å². The minimum absolute atomic E-state index is 0.00746. The number of carbonyl (C=O) groups excluding carboxylic acids is 3. The van der Waals surface area contributed by atoms with Crippen LogP contribution in [0.25, 0.3) is 0 Å². The van der Waals surface area contributed by atoms with Gasteiger partial charge in [0.25, 0.3) is 0 Å². The second kappa shape index (κ2) is 8.99. The molecular weight excluding hydrogens is 482 g/mol. The van der Waals surface area contributed by atoms with Gasteiger partial charge in [-0.05, 0) is 31.5 Å². The van der Waals surface area contributed by atoms with Crippen LogP contribution in [-0.2, 0) is 16.0 Å². The number of piperidine rings is 1. The van der Waals surface area contributed by atoms with Crippen LogP contribution in [-0.4, -0.2) is 43.1 Å². The van der Waals surface area contributed by atoms with Crippen LogP contribution < -0.4 is 25.6 Å². The van der Waals surface area contributed by atoms with E-state index in [1.165, 1.54) is 18.2 Å². The van der Waals surface area contributed by atoms with Gasteiger partial charge in [0.2, 0.25) is 11.8 Å². The van der Waals surface area contributed by atoms with E-state index in [-0.39, 0.29) is 41.5 Å². The smallest absolute Gasteiger partial charge is 0.319 e. The summed E-state index contributed by atoms with van der Waals surface area (Å²) in [4.78, 5) is 38.2. The average molecular weight is 505 g/mol. The van der Waals surface area contributed by atoms with Crippen LogP contribution in [0.15, 0.2) is 24.3 Å². The van der Waals surface area contributed by atoms with Gasteiger partial charge < -0.3 is 20.3 Å². The summed E-state index contributed by atoms with van der Waals surface area (Å²) in [6, 6.07) is 4.30. The molecule has 3 aliphatic rings. The number of urea groups is 1. The highest BCUT2D eigenvalue weighted by atomic mass is 35.5. The molecule has 3 atom stereocenters. The topological polar surface area (TPSA) is 99.8 Å². The fraction of sp³-hybridized carbons (Fsp3) is 0.375. The third-order valence-electron chi connectivity index (χ3n) is 6.81. The summed E-state index contributed by atoms with van der Waals surface area (Å²) in [6.07, 6.45) is 0.876. The third kappa shape index (κ3) is 4.27. The third-order valence-corrected chi connectivity index (χ3v) is 7.05. The first-order valence-corrected chi connectivity index (χ1v) is 11.7. The molecular formula is C24H23ClF2N4O4. The summed E-state index contributed by atoms with van der Waals surface area (Å²) in [7, 11) is 0. The zero-order chi connectivity index (χ0) is 24.9. The summed E-state index contributed by atoms with van der Waals surface area (Å²) in [5.41, 5.74) is 1.50. The first-order valence-electron chi connectivity index (χ1n) is 11.3. The fourth-order valence-electron chi connectivity index (χ4n) is 4.92. The van der Waals surface area contributed by atoms with Crippen LogP contribution >= 0.6 is 11.6 Å². The summed E-state index contributed by atoms with van der Waals surface area (Å²) in [6.45, 7) is 2.64. The van der Waals surface area contributed by atoms with Gasteiger partial charge in [-0.2, -0.15) is 0 Å². The maximum absolute atomic E-state index is 15.4. The van der Waals surface area contributed by atoms with Crippen molar-refractivity contribution in [3.8, 4) is 5.75 Å². The summed E-state index contributed by atoms with van der Waals surface area (Å²) < 4.78 is 35.1. The van der Waals surface area contributed by atoms with Gasteiger partial charge in [-0.3, -0.25) is 14.9 Å². The van der Waals surface area contributed by atoms with Crippen LogP contribution in [0.4, 0.5) is 25.0 Å². The minimum Gasteiger partial charge on any atom is -0.491 e. The molecule has 3 N–H and O–H groups in total.